The maximum absolute atomic E-state index is 6.04. The molecular formula is C27H31N3OSi. The SMILES string of the molecule is Cc1cc2ccn(COCC[Si](C)(C)C)c2c(N=C(c2ccccc2)c2ccccc2)n1. The molecule has 0 bridgehead atoms. The molecule has 4 aromatic rings. The molecule has 164 valence electrons. The van der Waals surface area contributed by atoms with Crippen LogP contribution < -0.4 is 0 Å². The van der Waals surface area contributed by atoms with E-state index in [1.807, 2.05) is 43.3 Å². The van der Waals surface area contributed by atoms with Crippen molar-refractivity contribution in [3.05, 3.63) is 95.8 Å². The Hall–Kier alpha value is -3.02. The normalized spacial score (nSPS) is 11.6. The highest BCUT2D eigenvalue weighted by atomic mass is 28.3. The summed E-state index contributed by atoms with van der Waals surface area (Å²) in [6.45, 7) is 10.4. The van der Waals surface area contributed by atoms with Gasteiger partial charge in [-0.3, -0.25) is 0 Å². The number of hydrogen-bond acceptors (Lipinski definition) is 3. The van der Waals surface area contributed by atoms with E-state index in [2.05, 4.69) is 66.8 Å². The van der Waals surface area contributed by atoms with Crippen molar-refractivity contribution in [1.29, 1.82) is 0 Å². The summed E-state index contributed by atoms with van der Waals surface area (Å²) >= 11 is 0. The zero-order valence-corrected chi connectivity index (χ0v) is 20.4. The maximum Gasteiger partial charge on any atom is 0.177 e. The molecule has 0 N–H and O–H groups in total. The number of nitrogens with zero attached hydrogens (tertiary/aromatic N) is 3. The van der Waals surface area contributed by atoms with E-state index in [1.165, 1.54) is 0 Å². The van der Waals surface area contributed by atoms with Crippen LogP contribution in [0.25, 0.3) is 10.9 Å². The number of fused-ring (bicyclic) bond motifs is 1. The molecule has 0 fully saturated rings. The Labute approximate surface area is 191 Å². The van der Waals surface area contributed by atoms with Crippen LogP contribution in [-0.2, 0) is 11.5 Å². The summed E-state index contributed by atoms with van der Waals surface area (Å²) in [4.78, 5) is 9.96. The summed E-state index contributed by atoms with van der Waals surface area (Å²) in [5, 5.41) is 1.13. The minimum absolute atomic E-state index is 0.507. The summed E-state index contributed by atoms with van der Waals surface area (Å²) in [6, 6.07) is 26.0. The highest BCUT2D eigenvalue weighted by Crippen LogP contribution is 2.28. The second kappa shape index (κ2) is 9.63. The van der Waals surface area contributed by atoms with Crippen LogP contribution >= 0.6 is 0 Å². The molecule has 0 unspecified atom stereocenters. The van der Waals surface area contributed by atoms with Crippen molar-refractivity contribution in [2.24, 2.45) is 4.99 Å². The van der Waals surface area contributed by atoms with Crippen molar-refractivity contribution in [3.63, 3.8) is 0 Å². The number of hydrogen-bond donors (Lipinski definition) is 0. The standard InChI is InChI=1S/C27H31N3OSi/c1-21-19-24-15-16-30(20-31-17-18-32(2,3)4)26(24)27(28-21)29-25(22-11-7-5-8-12-22)23-13-9-6-10-14-23/h5-16,19H,17-18,20H2,1-4H3. The molecule has 0 radical (unpaired) electrons. The van der Waals surface area contributed by atoms with E-state index in [0.717, 1.165) is 51.9 Å². The highest BCUT2D eigenvalue weighted by molar-refractivity contribution is 6.76. The Morgan fingerprint density at radius 2 is 1.56 bits per heavy atom. The second-order valence-electron chi connectivity index (χ2n) is 9.35. The monoisotopic (exact) mass is 441 g/mol. The molecule has 5 heteroatoms. The fraction of sp³-hybridized carbons (Fsp3) is 0.259. The van der Waals surface area contributed by atoms with Gasteiger partial charge in [-0.15, -0.1) is 0 Å². The molecule has 4 rings (SSSR count). The summed E-state index contributed by atoms with van der Waals surface area (Å²) in [7, 11) is -1.12. The van der Waals surface area contributed by atoms with Gasteiger partial charge >= 0.3 is 0 Å². The molecule has 2 aromatic carbocycles. The predicted molar refractivity (Wildman–Crippen MR) is 137 cm³/mol. The summed E-state index contributed by atoms with van der Waals surface area (Å²) in [5.74, 6) is 0.724. The van der Waals surface area contributed by atoms with Gasteiger partial charge in [0.15, 0.2) is 5.82 Å². The molecule has 2 aromatic heterocycles. The number of ether oxygens (including phenoxy) is 1. The summed E-state index contributed by atoms with van der Waals surface area (Å²) in [6.07, 6.45) is 2.07. The molecule has 0 aliphatic rings. The first-order chi connectivity index (χ1) is 15.4. The quantitative estimate of drug-likeness (QED) is 0.171. The van der Waals surface area contributed by atoms with E-state index in [4.69, 9.17) is 14.7 Å². The molecule has 32 heavy (non-hydrogen) atoms. The van der Waals surface area contributed by atoms with E-state index in [-0.39, 0.29) is 0 Å². The predicted octanol–water partition coefficient (Wildman–Crippen LogP) is 6.83. The molecule has 0 amide bonds. The lowest BCUT2D eigenvalue weighted by Gasteiger charge is -2.16. The van der Waals surface area contributed by atoms with Crippen molar-refractivity contribution in [1.82, 2.24) is 9.55 Å². The van der Waals surface area contributed by atoms with E-state index in [1.54, 1.807) is 0 Å². The topological polar surface area (TPSA) is 39.4 Å². The average Bonchev–Trinajstić information content (AvgIpc) is 3.18. The van der Waals surface area contributed by atoms with E-state index < -0.39 is 8.07 Å². The van der Waals surface area contributed by atoms with E-state index >= 15 is 0 Å². The first kappa shape index (κ1) is 22.2. The van der Waals surface area contributed by atoms with Crippen LogP contribution in [0.15, 0.2) is 84.0 Å². The molecule has 0 aliphatic carbocycles. The van der Waals surface area contributed by atoms with Crippen LogP contribution in [0, 0.1) is 6.92 Å². The van der Waals surface area contributed by atoms with Crippen molar-refractivity contribution >= 4 is 30.5 Å². The number of aliphatic imine (C=N–C) groups is 1. The van der Waals surface area contributed by atoms with Gasteiger partial charge in [-0.2, -0.15) is 0 Å². The first-order valence-electron chi connectivity index (χ1n) is 11.1. The third kappa shape index (κ3) is 5.42. The smallest absolute Gasteiger partial charge is 0.177 e. The van der Waals surface area contributed by atoms with Crippen LogP contribution in [-0.4, -0.2) is 29.9 Å². The van der Waals surface area contributed by atoms with E-state index in [9.17, 15) is 0 Å². The fourth-order valence-corrected chi connectivity index (χ4v) is 4.42. The van der Waals surface area contributed by atoms with Gasteiger partial charge in [-0.05, 0) is 25.1 Å². The molecule has 0 aliphatic heterocycles. The fourth-order valence-electron chi connectivity index (χ4n) is 3.66. The molecule has 0 spiro atoms. The minimum Gasteiger partial charge on any atom is -0.361 e. The van der Waals surface area contributed by atoms with Crippen molar-refractivity contribution < 1.29 is 4.74 Å². The van der Waals surface area contributed by atoms with Gasteiger partial charge in [-0.1, -0.05) is 80.3 Å². The number of aromatic nitrogens is 2. The Bertz CT molecular complexity index is 1170. The molecule has 0 saturated carbocycles. The Morgan fingerprint density at radius 1 is 0.938 bits per heavy atom. The molecule has 0 atom stereocenters. The van der Waals surface area contributed by atoms with Gasteiger partial charge in [0.25, 0.3) is 0 Å². The Balaban J connectivity index is 1.76. The van der Waals surface area contributed by atoms with Crippen molar-refractivity contribution in [2.75, 3.05) is 6.61 Å². The van der Waals surface area contributed by atoms with Gasteiger partial charge in [0.2, 0.25) is 0 Å². The summed E-state index contributed by atoms with van der Waals surface area (Å²) in [5.41, 5.74) is 5.01. The first-order valence-corrected chi connectivity index (χ1v) is 14.9. The number of pyridine rings is 1. The number of benzene rings is 2. The molecule has 0 saturated heterocycles. The zero-order valence-electron chi connectivity index (χ0n) is 19.4. The maximum atomic E-state index is 6.04. The second-order valence-corrected chi connectivity index (χ2v) is 15.0. The lowest BCUT2D eigenvalue weighted by Crippen LogP contribution is -2.22. The van der Waals surface area contributed by atoms with Gasteiger partial charge in [0.1, 0.15) is 6.73 Å². The van der Waals surface area contributed by atoms with Crippen molar-refractivity contribution in [3.8, 4) is 0 Å². The van der Waals surface area contributed by atoms with Gasteiger partial charge in [-0.25, -0.2) is 9.98 Å². The summed E-state index contributed by atoms with van der Waals surface area (Å²) < 4.78 is 8.17. The highest BCUT2D eigenvalue weighted by Gasteiger charge is 2.15. The zero-order chi connectivity index (χ0) is 22.6. The molecule has 4 nitrogen and oxygen atoms in total. The third-order valence-electron chi connectivity index (χ3n) is 5.39. The number of aryl methyl sites for hydroxylation is 1. The third-order valence-corrected chi connectivity index (χ3v) is 7.10. The molecular weight excluding hydrogens is 410 g/mol. The minimum atomic E-state index is -1.12. The average molecular weight is 442 g/mol. The van der Waals surface area contributed by atoms with Crippen LogP contribution in [0.5, 0.6) is 0 Å². The van der Waals surface area contributed by atoms with Crippen LogP contribution in [0.1, 0.15) is 16.8 Å². The lowest BCUT2D eigenvalue weighted by molar-refractivity contribution is 0.0902. The number of rotatable bonds is 8. The Morgan fingerprint density at radius 3 is 2.16 bits per heavy atom. The van der Waals surface area contributed by atoms with Crippen molar-refractivity contribution in [2.45, 2.75) is 39.3 Å². The van der Waals surface area contributed by atoms with Gasteiger partial charge < -0.3 is 9.30 Å². The van der Waals surface area contributed by atoms with Gasteiger partial charge in [0.05, 0.1) is 11.2 Å². The van der Waals surface area contributed by atoms with E-state index in [0.29, 0.717) is 6.73 Å². The lowest BCUT2D eigenvalue weighted by atomic mass is 10.0. The van der Waals surface area contributed by atoms with Crippen LogP contribution in [0.4, 0.5) is 5.82 Å². The molecule has 2 heterocycles. The largest absolute Gasteiger partial charge is 0.361 e. The van der Waals surface area contributed by atoms with Crippen LogP contribution in [0.3, 0.4) is 0 Å². The van der Waals surface area contributed by atoms with Crippen LogP contribution in [0.2, 0.25) is 25.7 Å². The Kier molecular flexibility index (Phi) is 6.68. The van der Waals surface area contributed by atoms with Gasteiger partial charge in [0, 0.05) is 43.1 Å².